The SMILES string of the molecule is O=S(=O)(c1ccc(C(O)CCCl)cc1)C(F)(F)F. The van der Waals surface area contributed by atoms with Gasteiger partial charge in [0.1, 0.15) is 0 Å². The van der Waals surface area contributed by atoms with Gasteiger partial charge < -0.3 is 5.11 Å². The number of halogens is 4. The average Bonchev–Trinajstić information content (AvgIpc) is 2.28. The molecule has 1 rings (SSSR count). The Morgan fingerprint density at radius 2 is 1.72 bits per heavy atom. The predicted octanol–water partition coefficient (Wildman–Crippen LogP) is 2.64. The van der Waals surface area contributed by atoms with Gasteiger partial charge in [-0.3, -0.25) is 0 Å². The van der Waals surface area contributed by atoms with Crippen LogP contribution in [0.25, 0.3) is 0 Å². The summed E-state index contributed by atoms with van der Waals surface area (Å²) in [6, 6.07) is 3.90. The Kier molecular flexibility index (Phi) is 4.63. The Bertz CT molecular complexity index is 496. The van der Waals surface area contributed by atoms with Crippen molar-refractivity contribution in [2.24, 2.45) is 0 Å². The van der Waals surface area contributed by atoms with E-state index in [2.05, 4.69) is 0 Å². The fourth-order valence-corrected chi connectivity index (χ4v) is 2.24. The van der Waals surface area contributed by atoms with Crippen LogP contribution in [0.15, 0.2) is 29.2 Å². The zero-order valence-electron chi connectivity index (χ0n) is 8.98. The van der Waals surface area contributed by atoms with Gasteiger partial charge in [-0.15, -0.1) is 11.6 Å². The number of aliphatic hydroxyl groups is 1. The monoisotopic (exact) mass is 302 g/mol. The van der Waals surface area contributed by atoms with Crippen LogP contribution in [0.4, 0.5) is 13.2 Å². The average molecular weight is 303 g/mol. The van der Waals surface area contributed by atoms with Crippen molar-refractivity contribution in [3.8, 4) is 0 Å². The molecule has 1 aromatic carbocycles. The molecular weight excluding hydrogens is 293 g/mol. The highest BCUT2D eigenvalue weighted by Crippen LogP contribution is 2.30. The van der Waals surface area contributed by atoms with Gasteiger partial charge >= 0.3 is 5.51 Å². The van der Waals surface area contributed by atoms with E-state index in [0.717, 1.165) is 24.3 Å². The minimum atomic E-state index is -5.34. The van der Waals surface area contributed by atoms with E-state index >= 15 is 0 Å². The fourth-order valence-electron chi connectivity index (χ4n) is 1.27. The Hall–Kier alpha value is -0.790. The number of rotatable bonds is 4. The van der Waals surface area contributed by atoms with Crippen molar-refractivity contribution >= 4 is 21.4 Å². The third-order valence-electron chi connectivity index (χ3n) is 2.26. The van der Waals surface area contributed by atoms with Crippen molar-refractivity contribution in [1.29, 1.82) is 0 Å². The number of hydrogen-bond donors (Lipinski definition) is 1. The summed E-state index contributed by atoms with van der Waals surface area (Å²) in [6.07, 6.45) is -0.697. The van der Waals surface area contributed by atoms with Crippen LogP contribution in [0, 0.1) is 0 Å². The van der Waals surface area contributed by atoms with E-state index in [1.165, 1.54) is 0 Å². The Morgan fingerprint density at radius 1 is 1.22 bits per heavy atom. The molecule has 0 heterocycles. The molecule has 0 spiro atoms. The van der Waals surface area contributed by atoms with Crippen LogP contribution in [0.3, 0.4) is 0 Å². The highest BCUT2D eigenvalue weighted by molar-refractivity contribution is 7.92. The molecule has 0 fully saturated rings. The quantitative estimate of drug-likeness (QED) is 0.870. The van der Waals surface area contributed by atoms with Gasteiger partial charge in [0.25, 0.3) is 9.84 Å². The van der Waals surface area contributed by atoms with Crippen molar-refractivity contribution < 1.29 is 26.7 Å². The van der Waals surface area contributed by atoms with Gasteiger partial charge in [-0.25, -0.2) is 8.42 Å². The summed E-state index contributed by atoms with van der Waals surface area (Å²) in [7, 11) is -5.34. The zero-order valence-corrected chi connectivity index (χ0v) is 10.6. The third-order valence-corrected chi connectivity index (χ3v) is 3.98. The van der Waals surface area contributed by atoms with Gasteiger partial charge in [0.15, 0.2) is 0 Å². The number of aliphatic hydroxyl groups excluding tert-OH is 1. The van der Waals surface area contributed by atoms with E-state index in [9.17, 15) is 26.7 Å². The smallest absolute Gasteiger partial charge is 0.388 e. The Morgan fingerprint density at radius 3 is 2.11 bits per heavy atom. The van der Waals surface area contributed by atoms with Crippen LogP contribution in [-0.4, -0.2) is 24.9 Å². The molecule has 1 atom stereocenters. The number of benzene rings is 1. The summed E-state index contributed by atoms with van der Waals surface area (Å²) >= 11 is 5.41. The summed E-state index contributed by atoms with van der Waals surface area (Å²) in [6.45, 7) is 0. The molecule has 102 valence electrons. The van der Waals surface area contributed by atoms with Gasteiger partial charge in [0.2, 0.25) is 0 Å². The summed E-state index contributed by atoms with van der Waals surface area (Å²) in [4.78, 5) is -0.850. The van der Waals surface area contributed by atoms with E-state index < -0.39 is 26.3 Å². The molecule has 0 aliphatic heterocycles. The fraction of sp³-hybridized carbons (Fsp3) is 0.400. The molecular formula is C10H10ClF3O3S. The molecule has 0 aliphatic rings. The molecule has 3 nitrogen and oxygen atoms in total. The molecule has 0 saturated carbocycles. The molecule has 0 radical (unpaired) electrons. The van der Waals surface area contributed by atoms with Gasteiger partial charge in [0, 0.05) is 5.88 Å². The van der Waals surface area contributed by atoms with Crippen molar-refractivity contribution in [2.45, 2.75) is 22.9 Å². The molecule has 0 aliphatic carbocycles. The second-order valence-electron chi connectivity index (χ2n) is 3.51. The van der Waals surface area contributed by atoms with Crippen LogP contribution in [-0.2, 0) is 9.84 Å². The highest BCUT2D eigenvalue weighted by Gasteiger charge is 2.46. The van der Waals surface area contributed by atoms with Crippen molar-refractivity contribution in [1.82, 2.24) is 0 Å². The largest absolute Gasteiger partial charge is 0.501 e. The zero-order chi connectivity index (χ0) is 14.0. The van der Waals surface area contributed by atoms with Crippen LogP contribution < -0.4 is 0 Å². The lowest BCUT2D eigenvalue weighted by atomic mass is 10.1. The van der Waals surface area contributed by atoms with E-state index in [1.54, 1.807) is 0 Å². The standard InChI is InChI=1S/C10H10ClF3O3S/c11-6-5-9(15)7-1-3-8(4-2-7)18(16,17)10(12,13)14/h1-4,9,15H,5-6H2. The number of sulfone groups is 1. The van der Waals surface area contributed by atoms with Crippen molar-refractivity contribution in [3.63, 3.8) is 0 Å². The molecule has 18 heavy (non-hydrogen) atoms. The first-order chi connectivity index (χ1) is 8.20. The molecule has 8 heteroatoms. The molecule has 1 unspecified atom stereocenters. The van der Waals surface area contributed by atoms with E-state index in [4.69, 9.17) is 11.6 Å². The minimum Gasteiger partial charge on any atom is -0.388 e. The molecule has 0 amide bonds. The van der Waals surface area contributed by atoms with Crippen molar-refractivity contribution in [2.75, 3.05) is 5.88 Å². The van der Waals surface area contributed by atoms with Crippen LogP contribution in [0.5, 0.6) is 0 Å². The molecule has 1 aromatic rings. The second kappa shape index (κ2) is 5.46. The summed E-state index contributed by atoms with van der Waals surface area (Å²) in [5, 5.41) is 9.52. The third kappa shape index (κ3) is 3.15. The lowest BCUT2D eigenvalue weighted by Crippen LogP contribution is -2.23. The minimum absolute atomic E-state index is 0.184. The van der Waals surface area contributed by atoms with Gasteiger partial charge in [-0.1, -0.05) is 12.1 Å². The molecule has 0 saturated heterocycles. The first-order valence-electron chi connectivity index (χ1n) is 4.85. The highest BCUT2D eigenvalue weighted by atomic mass is 35.5. The first kappa shape index (κ1) is 15.3. The van der Waals surface area contributed by atoms with Crippen LogP contribution in [0.2, 0.25) is 0 Å². The van der Waals surface area contributed by atoms with E-state index in [-0.39, 0.29) is 12.3 Å². The van der Waals surface area contributed by atoms with E-state index in [1.807, 2.05) is 0 Å². The lowest BCUT2D eigenvalue weighted by Gasteiger charge is -2.11. The predicted molar refractivity (Wildman–Crippen MR) is 60.0 cm³/mol. The van der Waals surface area contributed by atoms with Crippen LogP contribution >= 0.6 is 11.6 Å². The Balaban J connectivity index is 3.04. The van der Waals surface area contributed by atoms with Gasteiger partial charge in [0.05, 0.1) is 11.0 Å². The van der Waals surface area contributed by atoms with E-state index in [0.29, 0.717) is 5.56 Å². The molecule has 0 aromatic heterocycles. The molecule has 0 bridgehead atoms. The summed E-state index contributed by atoms with van der Waals surface area (Å²) in [5.41, 5.74) is -5.01. The number of alkyl halides is 4. The maximum Gasteiger partial charge on any atom is 0.501 e. The summed E-state index contributed by atoms with van der Waals surface area (Å²) in [5.74, 6) is 0.184. The molecule has 1 N–H and O–H groups in total. The van der Waals surface area contributed by atoms with Gasteiger partial charge in [-0.2, -0.15) is 13.2 Å². The Labute approximate surface area is 107 Å². The topological polar surface area (TPSA) is 54.4 Å². The second-order valence-corrected chi connectivity index (χ2v) is 5.83. The van der Waals surface area contributed by atoms with Crippen LogP contribution in [0.1, 0.15) is 18.1 Å². The number of hydrogen-bond acceptors (Lipinski definition) is 3. The first-order valence-corrected chi connectivity index (χ1v) is 6.87. The lowest BCUT2D eigenvalue weighted by molar-refractivity contribution is -0.0436. The summed E-state index contributed by atoms with van der Waals surface area (Å²) < 4.78 is 58.8. The van der Waals surface area contributed by atoms with Crippen molar-refractivity contribution in [3.05, 3.63) is 29.8 Å². The maximum atomic E-state index is 12.2. The normalized spacial score (nSPS) is 14.5. The van der Waals surface area contributed by atoms with Gasteiger partial charge in [-0.05, 0) is 24.1 Å². The maximum absolute atomic E-state index is 12.2.